The van der Waals surface area contributed by atoms with Crippen LogP contribution in [-0.2, 0) is 0 Å². The highest BCUT2D eigenvalue weighted by molar-refractivity contribution is 5.95. The van der Waals surface area contributed by atoms with E-state index < -0.39 is 0 Å². The third-order valence-electron chi connectivity index (χ3n) is 1.87. The second kappa shape index (κ2) is 5.45. The zero-order chi connectivity index (χ0) is 12.8. The van der Waals surface area contributed by atoms with Crippen molar-refractivity contribution in [1.29, 1.82) is 10.8 Å². The molecule has 0 spiro atoms. The minimum Gasteiger partial charge on any atom is -0.382 e. The van der Waals surface area contributed by atoms with Crippen LogP contribution in [0.3, 0.4) is 0 Å². The zero-order valence-corrected chi connectivity index (χ0v) is 9.14. The van der Waals surface area contributed by atoms with Gasteiger partial charge in [0.2, 0.25) is 0 Å². The molecule has 0 aliphatic rings. The van der Waals surface area contributed by atoms with E-state index in [0.29, 0.717) is 5.69 Å². The lowest BCUT2D eigenvalue weighted by Gasteiger charge is -1.99. The van der Waals surface area contributed by atoms with Crippen molar-refractivity contribution in [3.63, 3.8) is 0 Å². The van der Waals surface area contributed by atoms with Gasteiger partial charge in [0, 0.05) is 5.39 Å². The van der Waals surface area contributed by atoms with Crippen LogP contribution in [-0.4, -0.2) is 16.8 Å². The van der Waals surface area contributed by atoms with E-state index in [1.807, 2.05) is 30.3 Å². The molecule has 0 aliphatic carbocycles. The van der Waals surface area contributed by atoms with Crippen LogP contribution < -0.4 is 17.2 Å². The van der Waals surface area contributed by atoms with Gasteiger partial charge in [-0.15, -0.1) is 0 Å². The third kappa shape index (κ3) is 3.78. The molecule has 1 aromatic carbocycles. The average molecular weight is 230 g/mol. The molecular formula is C11H14N6. The van der Waals surface area contributed by atoms with Crippen molar-refractivity contribution in [2.45, 2.75) is 0 Å². The topological polar surface area (TPSA) is 139 Å². The molecule has 0 fully saturated rings. The van der Waals surface area contributed by atoms with Crippen LogP contribution in [0.2, 0.25) is 0 Å². The first kappa shape index (κ1) is 12.4. The molecule has 1 heterocycles. The fourth-order valence-corrected chi connectivity index (χ4v) is 1.22. The first-order chi connectivity index (χ1) is 8.00. The predicted molar refractivity (Wildman–Crippen MR) is 68.9 cm³/mol. The molecule has 0 unspecified atom stereocenters. The smallest absolute Gasteiger partial charge is 0.183 e. The van der Waals surface area contributed by atoms with E-state index in [1.165, 1.54) is 0 Å². The first-order valence-corrected chi connectivity index (χ1v) is 4.80. The second-order valence-corrected chi connectivity index (χ2v) is 3.26. The van der Waals surface area contributed by atoms with Crippen LogP contribution in [0.25, 0.3) is 10.9 Å². The van der Waals surface area contributed by atoms with Gasteiger partial charge in [0.25, 0.3) is 0 Å². The minimum atomic E-state index is -0.333. The molecule has 1 aromatic heterocycles. The summed E-state index contributed by atoms with van der Waals surface area (Å²) in [6, 6.07) is 11.4. The van der Waals surface area contributed by atoms with Crippen LogP contribution >= 0.6 is 0 Å². The normalized spacial score (nSPS) is 9.18. The van der Waals surface area contributed by atoms with Gasteiger partial charge in [-0.25, -0.2) is 4.98 Å². The number of nitrogens with one attached hydrogen (secondary N) is 2. The van der Waals surface area contributed by atoms with Gasteiger partial charge in [-0.2, -0.15) is 0 Å². The van der Waals surface area contributed by atoms with Crippen molar-refractivity contribution in [2.24, 2.45) is 17.2 Å². The van der Waals surface area contributed by atoms with E-state index in [2.05, 4.69) is 16.5 Å². The van der Waals surface area contributed by atoms with E-state index in [9.17, 15) is 0 Å². The molecule has 6 nitrogen and oxygen atoms in total. The Hall–Kier alpha value is -2.63. The monoisotopic (exact) mass is 230 g/mol. The molecule has 0 atom stereocenters. The maximum absolute atomic E-state index is 7.23. The quantitative estimate of drug-likeness (QED) is 0.356. The van der Waals surface area contributed by atoms with E-state index in [0.717, 1.165) is 10.9 Å². The molecule has 17 heavy (non-hydrogen) atoms. The lowest BCUT2D eigenvalue weighted by molar-refractivity contribution is 1.31. The maximum Gasteiger partial charge on any atom is 0.183 e. The zero-order valence-electron chi connectivity index (χ0n) is 9.14. The SMILES string of the molecule is N=C(N)N.N=C(N)c1ccc2ccccc2n1. The summed E-state index contributed by atoms with van der Waals surface area (Å²) in [5.41, 5.74) is 15.7. The summed E-state index contributed by atoms with van der Waals surface area (Å²) >= 11 is 0. The molecule has 0 amide bonds. The molecule has 2 rings (SSSR count). The van der Waals surface area contributed by atoms with E-state index in [-0.39, 0.29) is 11.8 Å². The van der Waals surface area contributed by atoms with Gasteiger partial charge >= 0.3 is 0 Å². The van der Waals surface area contributed by atoms with E-state index >= 15 is 0 Å². The Morgan fingerprint density at radius 3 is 2.12 bits per heavy atom. The number of hydrogen-bond donors (Lipinski definition) is 5. The summed E-state index contributed by atoms with van der Waals surface area (Å²) in [6.45, 7) is 0. The number of guanidine groups is 1. The predicted octanol–water partition coefficient (Wildman–Crippen LogP) is 0.357. The Morgan fingerprint density at radius 2 is 1.53 bits per heavy atom. The number of rotatable bonds is 1. The fraction of sp³-hybridized carbons (Fsp3) is 0. The number of nitrogens with two attached hydrogens (primary N) is 3. The van der Waals surface area contributed by atoms with Crippen LogP contribution in [0, 0.1) is 10.8 Å². The molecule has 0 saturated heterocycles. The lowest BCUT2D eigenvalue weighted by Crippen LogP contribution is -2.20. The number of benzene rings is 1. The van der Waals surface area contributed by atoms with Gasteiger partial charge in [0.15, 0.2) is 5.96 Å². The summed E-state index contributed by atoms with van der Waals surface area (Å²) in [4.78, 5) is 4.23. The maximum atomic E-state index is 7.23. The molecule has 0 radical (unpaired) electrons. The second-order valence-electron chi connectivity index (χ2n) is 3.26. The molecule has 0 saturated carbocycles. The van der Waals surface area contributed by atoms with Gasteiger partial charge in [0.05, 0.1) is 5.52 Å². The molecule has 0 bridgehead atoms. The summed E-state index contributed by atoms with van der Waals surface area (Å²) in [7, 11) is 0. The Bertz CT molecular complexity index is 544. The molecule has 2 aromatic rings. The largest absolute Gasteiger partial charge is 0.382 e. The number of pyridine rings is 1. The number of nitrogen functional groups attached to an aromatic ring is 1. The summed E-state index contributed by atoms with van der Waals surface area (Å²) in [6.07, 6.45) is 0. The number of amidine groups is 1. The van der Waals surface area contributed by atoms with Gasteiger partial charge in [-0.3, -0.25) is 10.8 Å². The van der Waals surface area contributed by atoms with Crippen LogP contribution in [0.4, 0.5) is 0 Å². The third-order valence-corrected chi connectivity index (χ3v) is 1.87. The molecule has 0 aliphatic heterocycles. The van der Waals surface area contributed by atoms with E-state index in [4.69, 9.17) is 16.6 Å². The summed E-state index contributed by atoms with van der Waals surface area (Å²) in [5.74, 6) is -0.328. The molecule has 88 valence electrons. The Balaban J connectivity index is 0.000000317. The molecule has 6 heteroatoms. The van der Waals surface area contributed by atoms with Gasteiger partial charge in [-0.05, 0) is 12.1 Å². The Morgan fingerprint density at radius 1 is 0.941 bits per heavy atom. The van der Waals surface area contributed by atoms with Crippen LogP contribution in [0.15, 0.2) is 36.4 Å². The van der Waals surface area contributed by atoms with Gasteiger partial charge in [-0.1, -0.05) is 24.3 Å². The van der Waals surface area contributed by atoms with Crippen molar-refractivity contribution in [3.05, 3.63) is 42.1 Å². The standard InChI is InChI=1S/C10H9N3.CH5N3/c11-10(12)9-6-5-7-3-1-2-4-8(7)13-9;2-1(3)4/h1-6H,(H3,11,12);(H5,2,3,4). The highest BCUT2D eigenvalue weighted by Crippen LogP contribution is 2.10. The minimum absolute atomic E-state index is 0.00533. The van der Waals surface area contributed by atoms with Crippen molar-refractivity contribution >= 4 is 22.7 Å². The highest BCUT2D eigenvalue weighted by atomic mass is 14.9. The van der Waals surface area contributed by atoms with Crippen molar-refractivity contribution in [3.8, 4) is 0 Å². The number of fused-ring (bicyclic) bond motifs is 1. The molecular weight excluding hydrogens is 216 g/mol. The number of hydrogen-bond acceptors (Lipinski definition) is 3. The van der Waals surface area contributed by atoms with E-state index in [1.54, 1.807) is 6.07 Å². The first-order valence-electron chi connectivity index (χ1n) is 4.80. The van der Waals surface area contributed by atoms with Crippen LogP contribution in [0.5, 0.6) is 0 Å². The Kier molecular flexibility index (Phi) is 3.99. The number of para-hydroxylation sites is 1. The average Bonchev–Trinajstić information content (AvgIpc) is 2.27. The number of aromatic nitrogens is 1. The van der Waals surface area contributed by atoms with Crippen molar-refractivity contribution in [1.82, 2.24) is 4.98 Å². The van der Waals surface area contributed by atoms with Crippen LogP contribution in [0.1, 0.15) is 5.69 Å². The number of nitrogens with zero attached hydrogens (tertiary/aromatic N) is 1. The fourth-order valence-electron chi connectivity index (χ4n) is 1.22. The van der Waals surface area contributed by atoms with Crippen molar-refractivity contribution < 1.29 is 0 Å². The Labute approximate surface area is 98.5 Å². The van der Waals surface area contributed by atoms with Crippen molar-refractivity contribution in [2.75, 3.05) is 0 Å². The summed E-state index contributed by atoms with van der Waals surface area (Å²) in [5, 5.41) is 14.3. The highest BCUT2D eigenvalue weighted by Gasteiger charge is 1.98. The van der Waals surface area contributed by atoms with Gasteiger partial charge < -0.3 is 17.2 Å². The summed E-state index contributed by atoms with van der Waals surface area (Å²) < 4.78 is 0. The van der Waals surface area contributed by atoms with Gasteiger partial charge in [0.1, 0.15) is 11.5 Å². The molecule has 8 N–H and O–H groups in total. The lowest BCUT2D eigenvalue weighted by atomic mass is 10.2.